The zero-order valence-corrected chi connectivity index (χ0v) is 15.1. The third-order valence-corrected chi connectivity index (χ3v) is 5.18. The van der Waals surface area contributed by atoms with E-state index in [1.165, 1.54) is 12.7 Å². The molecule has 0 bridgehead atoms. The quantitative estimate of drug-likeness (QED) is 0.849. The monoisotopic (exact) mass is 352 g/mol. The molecule has 5 heteroatoms. The highest BCUT2D eigenvalue weighted by molar-refractivity contribution is 5.99. The van der Waals surface area contributed by atoms with E-state index in [0.29, 0.717) is 0 Å². The summed E-state index contributed by atoms with van der Waals surface area (Å²) in [6.07, 6.45) is 1.45. The second-order valence-corrected chi connectivity index (χ2v) is 6.78. The number of nitrogens with zero attached hydrogens (tertiary/aromatic N) is 2. The predicted molar refractivity (Wildman–Crippen MR) is 101 cm³/mol. The first-order valence-corrected chi connectivity index (χ1v) is 9.14. The van der Waals surface area contributed by atoms with Crippen molar-refractivity contribution in [2.45, 2.75) is 12.8 Å². The first-order valence-electron chi connectivity index (χ1n) is 9.14. The lowest BCUT2D eigenvalue weighted by Gasteiger charge is -2.31. The average molecular weight is 352 g/mol. The van der Waals surface area contributed by atoms with Gasteiger partial charge in [-0.25, -0.2) is 9.69 Å². The van der Waals surface area contributed by atoms with E-state index in [4.69, 9.17) is 9.47 Å². The lowest BCUT2D eigenvalue weighted by atomic mass is 9.94. The minimum atomic E-state index is -0.344. The van der Waals surface area contributed by atoms with E-state index in [2.05, 4.69) is 29.2 Å². The number of carbonyl (C=O) groups is 1. The lowest BCUT2D eigenvalue weighted by molar-refractivity contribution is 0.0384. The van der Waals surface area contributed by atoms with Crippen LogP contribution in [0.25, 0.3) is 0 Å². The minimum Gasteiger partial charge on any atom is -0.452 e. The van der Waals surface area contributed by atoms with E-state index in [1.54, 1.807) is 4.90 Å². The molecule has 136 valence electrons. The molecule has 1 amide bonds. The van der Waals surface area contributed by atoms with Crippen LogP contribution in [-0.4, -0.2) is 51.0 Å². The molecule has 2 aromatic rings. The zero-order valence-electron chi connectivity index (χ0n) is 15.1. The lowest BCUT2D eigenvalue weighted by Crippen LogP contribution is -2.37. The third kappa shape index (κ3) is 3.32. The van der Waals surface area contributed by atoms with Gasteiger partial charge in [0, 0.05) is 26.1 Å². The molecule has 0 saturated carbocycles. The number of hydrogen-bond acceptors (Lipinski definition) is 4. The van der Waals surface area contributed by atoms with E-state index in [-0.39, 0.29) is 6.09 Å². The first kappa shape index (κ1) is 17.1. The van der Waals surface area contributed by atoms with Gasteiger partial charge in [-0.15, -0.1) is 0 Å². The first-order chi connectivity index (χ1) is 12.8. The number of amides is 1. The van der Waals surface area contributed by atoms with Crippen LogP contribution in [0.3, 0.4) is 0 Å². The fourth-order valence-corrected chi connectivity index (χ4v) is 3.74. The number of methoxy groups -OCH3 is 1. The summed E-state index contributed by atoms with van der Waals surface area (Å²) < 4.78 is 10.5. The van der Waals surface area contributed by atoms with Gasteiger partial charge in [-0.1, -0.05) is 30.3 Å². The molecule has 0 aliphatic carbocycles. The topological polar surface area (TPSA) is 42.0 Å². The molecule has 0 atom stereocenters. The molecule has 2 aliphatic heterocycles. The van der Waals surface area contributed by atoms with Crippen molar-refractivity contribution in [1.82, 2.24) is 4.90 Å². The molecule has 4 rings (SSSR count). The van der Waals surface area contributed by atoms with Crippen LogP contribution in [0.2, 0.25) is 0 Å². The van der Waals surface area contributed by atoms with E-state index in [9.17, 15) is 4.79 Å². The highest BCUT2D eigenvalue weighted by atomic mass is 16.5. The fourth-order valence-electron chi connectivity index (χ4n) is 3.74. The third-order valence-electron chi connectivity index (χ3n) is 5.18. The number of fused-ring (bicyclic) bond motifs is 2. The van der Waals surface area contributed by atoms with Crippen molar-refractivity contribution < 1.29 is 14.3 Å². The smallest absolute Gasteiger partial charge is 0.418 e. The van der Waals surface area contributed by atoms with Gasteiger partial charge in [0.2, 0.25) is 0 Å². The molecule has 0 aromatic heterocycles. The summed E-state index contributed by atoms with van der Waals surface area (Å²) >= 11 is 0. The summed E-state index contributed by atoms with van der Waals surface area (Å²) in [6.45, 7) is 4.63. The predicted octanol–water partition coefficient (Wildman–Crippen LogP) is 3.37. The molecular formula is C21H24N2O3. The Hall–Kier alpha value is -2.37. The van der Waals surface area contributed by atoms with Gasteiger partial charge in [0.1, 0.15) is 0 Å². The highest BCUT2D eigenvalue weighted by Crippen LogP contribution is 2.39. The SMILES string of the molecule is COC(=O)N1c2ccccc2Cc2ccc(CCN3CCOCC3)cc21. The fraction of sp³-hybridized carbons (Fsp3) is 0.381. The number of anilines is 2. The molecule has 26 heavy (non-hydrogen) atoms. The van der Waals surface area contributed by atoms with Gasteiger partial charge in [0.05, 0.1) is 31.7 Å². The van der Waals surface area contributed by atoms with Crippen LogP contribution in [-0.2, 0) is 22.3 Å². The van der Waals surface area contributed by atoms with Crippen molar-refractivity contribution in [3.63, 3.8) is 0 Å². The van der Waals surface area contributed by atoms with Crippen molar-refractivity contribution >= 4 is 17.5 Å². The van der Waals surface area contributed by atoms with Gasteiger partial charge < -0.3 is 9.47 Å². The number of carbonyl (C=O) groups excluding carboxylic acids is 1. The molecule has 1 saturated heterocycles. The maximum absolute atomic E-state index is 12.5. The summed E-state index contributed by atoms with van der Waals surface area (Å²) in [4.78, 5) is 16.6. The van der Waals surface area contributed by atoms with Gasteiger partial charge >= 0.3 is 6.09 Å². The average Bonchev–Trinajstić information content (AvgIpc) is 2.70. The van der Waals surface area contributed by atoms with Crippen molar-refractivity contribution in [3.05, 3.63) is 59.2 Å². The van der Waals surface area contributed by atoms with Gasteiger partial charge in [-0.05, 0) is 35.2 Å². The van der Waals surface area contributed by atoms with E-state index in [1.807, 2.05) is 18.2 Å². The second kappa shape index (κ2) is 7.48. The van der Waals surface area contributed by atoms with Gasteiger partial charge in [0.15, 0.2) is 0 Å². The standard InChI is InChI=1S/C21H24N2O3/c1-25-21(24)23-19-5-3-2-4-17(19)15-18-7-6-16(14-20(18)23)8-9-22-10-12-26-13-11-22/h2-7,14H,8-13,15H2,1H3. The maximum atomic E-state index is 12.5. The van der Waals surface area contributed by atoms with Gasteiger partial charge in [0.25, 0.3) is 0 Å². The number of hydrogen-bond donors (Lipinski definition) is 0. The molecule has 2 aliphatic rings. The normalized spacial score (nSPS) is 16.7. The summed E-state index contributed by atoms with van der Waals surface area (Å²) in [7, 11) is 1.43. The second-order valence-electron chi connectivity index (χ2n) is 6.78. The van der Waals surface area contributed by atoms with Crippen molar-refractivity contribution in [2.24, 2.45) is 0 Å². The van der Waals surface area contributed by atoms with Crippen LogP contribution in [0.5, 0.6) is 0 Å². The Morgan fingerprint density at radius 2 is 1.85 bits per heavy atom. The van der Waals surface area contributed by atoms with Gasteiger partial charge in [-0.3, -0.25) is 4.90 Å². The molecule has 2 aromatic carbocycles. The molecule has 0 radical (unpaired) electrons. The Morgan fingerprint density at radius 1 is 1.08 bits per heavy atom. The maximum Gasteiger partial charge on any atom is 0.418 e. The van der Waals surface area contributed by atoms with Crippen molar-refractivity contribution in [1.29, 1.82) is 0 Å². The van der Waals surface area contributed by atoms with Gasteiger partial charge in [-0.2, -0.15) is 0 Å². The van der Waals surface area contributed by atoms with E-state index >= 15 is 0 Å². The highest BCUT2D eigenvalue weighted by Gasteiger charge is 2.28. The minimum absolute atomic E-state index is 0.344. The van der Waals surface area contributed by atoms with Crippen molar-refractivity contribution in [3.8, 4) is 0 Å². The van der Waals surface area contributed by atoms with Crippen LogP contribution in [0.1, 0.15) is 16.7 Å². The Kier molecular flexibility index (Phi) is 4.91. The number of benzene rings is 2. The Morgan fingerprint density at radius 3 is 2.65 bits per heavy atom. The number of rotatable bonds is 3. The van der Waals surface area contributed by atoms with Crippen LogP contribution in [0, 0.1) is 0 Å². The molecule has 0 N–H and O–H groups in total. The molecule has 0 spiro atoms. The summed E-state index contributed by atoms with van der Waals surface area (Å²) in [5, 5.41) is 0. The Labute approximate surface area is 154 Å². The summed E-state index contributed by atoms with van der Waals surface area (Å²) in [6, 6.07) is 14.5. The molecule has 1 fully saturated rings. The summed E-state index contributed by atoms with van der Waals surface area (Å²) in [5.74, 6) is 0. The van der Waals surface area contributed by atoms with Crippen LogP contribution >= 0.6 is 0 Å². The van der Waals surface area contributed by atoms with Crippen LogP contribution in [0.15, 0.2) is 42.5 Å². The largest absolute Gasteiger partial charge is 0.452 e. The number of ether oxygens (including phenoxy) is 2. The number of para-hydroxylation sites is 1. The molecular weight excluding hydrogens is 328 g/mol. The van der Waals surface area contributed by atoms with Crippen LogP contribution < -0.4 is 4.90 Å². The van der Waals surface area contributed by atoms with Crippen LogP contribution in [0.4, 0.5) is 16.2 Å². The van der Waals surface area contributed by atoms with E-state index < -0.39 is 0 Å². The molecule has 2 heterocycles. The molecule has 5 nitrogen and oxygen atoms in total. The van der Waals surface area contributed by atoms with Crippen molar-refractivity contribution in [2.75, 3.05) is 44.9 Å². The Balaban J connectivity index is 1.60. The molecule has 0 unspecified atom stereocenters. The van der Waals surface area contributed by atoms with E-state index in [0.717, 1.165) is 68.2 Å². The summed E-state index contributed by atoms with van der Waals surface area (Å²) in [5.41, 5.74) is 5.39. The Bertz CT molecular complexity index is 800. The zero-order chi connectivity index (χ0) is 17.9. The number of morpholine rings is 1.